The van der Waals surface area contributed by atoms with Crippen molar-refractivity contribution in [3.05, 3.63) is 27.7 Å². The number of sulfone groups is 1. The van der Waals surface area contributed by atoms with Gasteiger partial charge in [0.2, 0.25) is 0 Å². The molecule has 2 heterocycles. The molecule has 0 unspecified atom stereocenters. The molecule has 16 heavy (non-hydrogen) atoms. The van der Waals surface area contributed by atoms with Gasteiger partial charge in [-0.2, -0.15) is 0 Å². The molecular weight excluding hydrogens is 230 g/mol. The monoisotopic (exact) mass is 243 g/mol. The van der Waals surface area contributed by atoms with Gasteiger partial charge in [0.15, 0.2) is 9.84 Å². The minimum absolute atomic E-state index is 0.0737. The number of aromatic nitrogens is 1. The van der Waals surface area contributed by atoms with Crippen molar-refractivity contribution in [2.45, 2.75) is 24.8 Å². The normalized spacial score (nSPS) is 15.8. The van der Waals surface area contributed by atoms with Gasteiger partial charge >= 0.3 is 0 Å². The molecular formula is C10H13NO4S. The number of ether oxygens (including phenoxy) is 1. The van der Waals surface area contributed by atoms with E-state index >= 15 is 0 Å². The van der Waals surface area contributed by atoms with Crippen molar-refractivity contribution in [2.75, 3.05) is 12.4 Å². The average Bonchev–Trinajstić information content (AvgIpc) is 2.28. The van der Waals surface area contributed by atoms with Gasteiger partial charge in [-0.05, 0) is 11.6 Å². The number of fused-ring (bicyclic) bond motifs is 1. The molecule has 6 heteroatoms. The number of aromatic amines is 1. The molecule has 2 rings (SSSR count). The molecule has 0 saturated carbocycles. The summed E-state index contributed by atoms with van der Waals surface area (Å²) < 4.78 is 28.5. The maximum atomic E-state index is 11.6. The molecule has 0 atom stereocenters. The Hall–Kier alpha value is -1.14. The molecule has 0 radical (unpaired) electrons. The first-order valence-corrected chi connectivity index (χ1v) is 6.75. The van der Waals surface area contributed by atoms with Crippen LogP contribution in [0.3, 0.4) is 0 Å². The summed E-state index contributed by atoms with van der Waals surface area (Å²) in [6, 6.07) is 1.44. The summed E-state index contributed by atoms with van der Waals surface area (Å²) in [6.07, 6.45) is 0.622. The number of hydrogen-bond donors (Lipinski definition) is 1. The van der Waals surface area contributed by atoms with Crippen molar-refractivity contribution in [1.82, 2.24) is 4.98 Å². The Labute approximate surface area is 93.4 Å². The summed E-state index contributed by atoms with van der Waals surface area (Å²) in [7, 11) is -3.46. The van der Waals surface area contributed by atoms with E-state index in [0.717, 1.165) is 11.3 Å². The Balaban J connectivity index is 2.61. The second-order valence-corrected chi connectivity index (χ2v) is 5.92. The molecule has 1 N–H and O–H groups in total. The Morgan fingerprint density at radius 3 is 2.94 bits per heavy atom. The summed E-state index contributed by atoms with van der Waals surface area (Å²) in [5, 5.41) is 0. The summed E-state index contributed by atoms with van der Waals surface area (Å²) in [5.41, 5.74) is 1.02. The number of rotatable bonds is 2. The second kappa shape index (κ2) is 4.03. The molecule has 0 amide bonds. The third-order valence-electron chi connectivity index (χ3n) is 2.65. The molecule has 1 aromatic rings. The molecule has 5 nitrogen and oxygen atoms in total. The van der Waals surface area contributed by atoms with E-state index in [1.165, 1.54) is 13.0 Å². The van der Waals surface area contributed by atoms with Crippen molar-refractivity contribution < 1.29 is 13.2 Å². The van der Waals surface area contributed by atoms with E-state index in [1.807, 2.05) is 0 Å². The van der Waals surface area contributed by atoms with Gasteiger partial charge in [0, 0.05) is 12.1 Å². The first-order chi connectivity index (χ1) is 7.54. The number of nitrogens with one attached hydrogen (secondary N) is 1. The number of pyridine rings is 1. The van der Waals surface area contributed by atoms with Gasteiger partial charge in [-0.3, -0.25) is 4.79 Å². The van der Waals surface area contributed by atoms with Gasteiger partial charge in [-0.15, -0.1) is 0 Å². The van der Waals surface area contributed by atoms with Crippen molar-refractivity contribution in [3.8, 4) is 0 Å². The van der Waals surface area contributed by atoms with E-state index in [4.69, 9.17) is 4.74 Å². The zero-order valence-corrected chi connectivity index (χ0v) is 9.76. The third-order valence-corrected chi connectivity index (χ3v) is 4.38. The van der Waals surface area contributed by atoms with Crippen LogP contribution in [0.1, 0.15) is 18.2 Å². The largest absolute Gasteiger partial charge is 0.376 e. The quantitative estimate of drug-likeness (QED) is 0.807. The van der Waals surface area contributed by atoms with Crippen molar-refractivity contribution in [2.24, 2.45) is 0 Å². The van der Waals surface area contributed by atoms with Crippen LogP contribution < -0.4 is 5.56 Å². The van der Waals surface area contributed by atoms with Crippen LogP contribution in [0.2, 0.25) is 0 Å². The summed E-state index contributed by atoms with van der Waals surface area (Å²) in [5.74, 6) is -0.0737. The van der Waals surface area contributed by atoms with Gasteiger partial charge in [-0.25, -0.2) is 8.42 Å². The standard InChI is InChI=1S/C10H13NO4S/c1-2-16(13,14)9-5-7-6-15-4-3-8(7)11-10(9)12/h5H,2-4,6H2,1H3,(H,11,12). The van der Waals surface area contributed by atoms with E-state index in [1.54, 1.807) is 0 Å². The van der Waals surface area contributed by atoms with Crippen LogP contribution in [0.5, 0.6) is 0 Å². The fourth-order valence-corrected chi connectivity index (χ4v) is 2.65. The third kappa shape index (κ3) is 1.90. The Morgan fingerprint density at radius 2 is 2.25 bits per heavy atom. The van der Waals surface area contributed by atoms with E-state index < -0.39 is 15.4 Å². The van der Waals surface area contributed by atoms with Gasteiger partial charge < -0.3 is 9.72 Å². The molecule has 88 valence electrons. The van der Waals surface area contributed by atoms with Gasteiger partial charge in [-0.1, -0.05) is 6.92 Å². The minimum Gasteiger partial charge on any atom is -0.376 e. The molecule has 0 saturated heterocycles. The topological polar surface area (TPSA) is 76.2 Å². The minimum atomic E-state index is -3.46. The van der Waals surface area contributed by atoms with Gasteiger partial charge in [0.05, 0.1) is 19.0 Å². The van der Waals surface area contributed by atoms with E-state index in [2.05, 4.69) is 4.98 Å². The fraction of sp³-hybridized carbons (Fsp3) is 0.500. The van der Waals surface area contributed by atoms with E-state index in [0.29, 0.717) is 19.6 Å². The molecule has 1 aliphatic heterocycles. The molecule has 0 fully saturated rings. The predicted octanol–water partition coefficient (Wildman–Crippen LogP) is 0.241. The lowest BCUT2D eigenvalue weighted by Gasteiger charge is -2.16. The fourth-order valence-electron chi connectivity index (χ4n) is 1.68. The van der Waals surface area contributed by atoms with Gasteiger partial charge in [0.25, 0.3) is 5.56 Å². The second-order valence-electron chi connectivity index (χ2n) is 3.67. The van der Waals surface area contributed by atoms with E-state index in [-0.39, 0.29) is 10.6 Å². The lowest BCUT2D eigenvalue weighted by molar-refractivity contribution is 0.109. The van der Waals surface area contributed by atoms with Crippen LogP contribution in [0.15, 0.2) is 15.8 Å². The molecule has 0 aliphatic carbocycles. The zero-order valence-electron chi connectivity index (χ0n) is 8.95. The van der Waals surface area contributed by atoms with Crippen LogP contribution >= 0.6 is 0 Å². The Morgan fingerprint density at radius 1 is 1.50 bits per heavy atom. The lowest BCUT2D eigenvalue weighted by atomic mass is 10.1. The molecule has 0 bridgehead atoms. The van der Waals surface area contributed by atoms with Crippen LogP contribution in [0, 0.1) is 0 Å². The zero-order chi connectivity index (χ0) is 11.8. The van der Waals surface area contributed by atoms with E-state index in [9.17, 15) is 13.2 Å². The summed E-state index contributed by atoms with van der Waals surface area (Å²) in [4.78, 5) is 14.1. The summed E-state index contributed by atoms with van der Waals surface area (Å²) in [6.45, 7) is 2.44. The van der Waals surface area contributed by atoms with Crippen molar-refractivity contribution >= 4 is 9.84 Å². The highest BCUT2D eigenvalue weighted by Crippen LogP contribution is 2.16. The lowest BCUT2D eigenvalue weighted by Crippen LogP contribution is -2.24. The molecule has 1 aromatic heterocycles. The van der Waals surface area contributed by atoms with Crippen LogP contribution in [-0.4, -0.2) is 25.8 Å². The number of H-pyrrole nitrogens is 1. The smallest absolute Gasteiger partial charge is 0.266 e. The average molecular weight is 243 g/mol. The maximum absolute atomic E-state index is 11.6. The first-order valence-electron chi connectivity index (χ1n) is 5.10. The van der Waals surface area contributed by atoms with Crippen molar-refractivity contribution in [3.63, 3.8) is 0 Å². The van der Waals surface area contributed by atoms with Crippen LogP contribution in [-0.2, 0) is 27.6 Å². The van der Waals surface area contributed by atoms with Gasteiger partial charge in [0.1, 0.15) is 4.90 Å². The molecule has 0 aromatic carbocycles. The predicted molar refractivity (Wildman–Crippen MR) is 58.1 cm³/mol. The highest BCUT2D eigenvalue weighted by Gasteiger charge is 2.20. The summed E-state index contributed by atoms with van der Waals surface area (Å²) >= 11 is 0. The Bertz CT molecular complexity index is 559. The maximum Gasteiger partial charge on any atom is 0.266 e. The SMILES string of the molecule is CCS(=O)(=O)c1cc2c([nH]c1=O)CCOC2. The first kappa shape index (κ1) is 11.3. The number of hydrogen-bond acceptors (Lipinski definition) is 4. The van der Waals surface area contributed by atoms with Crippen LogP contribution in [0.4, 0.5) is 0 Å². The Kier molecular flexibility index (Phi) is 2.86. The van der Waals surface area contributed by atoms with Crippen molar-refractivity contribution in [1.29, 1.82) is 0 Å². The van der Waals surface area contributed by atoms with Crippen LogP contribution in [0.25, 0.3) is 0 Å². The highest BCUT2D eigenvalue weighted by atomic mass is 32.2. The molecule has 1 aliphatic rings. The molecule has 0 spiro atoms. The highest BCUT2D eigenvalue weighted by molar-refractivity contribution is 7.91.